The molecule has 160 valence electrons. The van der Waals surface area contributed by atoms with Crippen molar-refractivity contribution in [1.29, 1.82) is 0 Å². The minimum Gasteiger partial charge on any atom is -0.490 e. The van der Waals surface area contributed by atoms with E-state index in [1.165, 1.54) is 0 Å². The first-order valence-corrected chi connectivity index (χ1v) is 9.78. The average molecular weight is 419 g/mol. The van der Waals surface area contributed by atoms with E-state index in [1.54, 1.807) is 6.20 Å². The van der Waals surface area contributed by atoms with E-state index in [9.17, 15) is 4.79 Å². The number of alkyl halides is 1. The number of pyridine rings is 1. The van der Waals surface area contributed by atoms with Crippen LogP contribution < -0.4 is 10.1 Å². The van der Waals surface area contributed by atoms with E-state index in [-0.39, 0.29) is 0 Å². The van der Waals surface area contributed by atoms with Gasteiger partial charge in [0.05, 0.1) is 57.4 Å². The third-order valence-electron chi connectivity index (χ3n) is 3.09. The van der Waals surface area contributed by atoms with Crippen molar-refractivity contribution in [3.8, 4) is 5.75 Å². The molecule has 1 aromatic rings. The molecule has 0 aliphatic rings. The van der Waals surface area contributed by atoms with Gasteiger partial charge in [0.1, 0.15) is 18.0 Å². The summed E-state index contributed by atoms with van der Waals surface area (Å²) in [5, 5.41) is 2.62. The van der Waals surface area contributed by atoms with Crippen molar-refractivity contribution in [2.24, 2.45) is 0 Å². The molecule has 8 nitrogen and oxygen atoms in total. The van der Waals surface area contributed by atoms with E-state index in [1.807, 2.05) is 32.9 Å². The highest BCUT2D eigenvalue weighted by Crippen LogP contribution is 2.10. The molecule has 0 saturated heterocycles. The second kappa shape index (κ2) is 14.4. The molecule has 0 radical (unpaired) electrons. The first-order valence-electron chi connectivity index (χ1n) is 9.24. The summed E-state index contributed by atoms with van der Waals surface area (Å²) in [6.45, 7) is 9.01. The average Bonchev–Trinajstić information content (AvgIpc) is 2.64. The SMILES string of the molecule is CC(C)(C)OC(=O)NCCOCCOCCOCCOc1ccc(CCl)nc1. The number of nitrogens with zero attached hydrogens (tertiary/aromatic N) is 1. The molecule has 1 amide bonds. The van der Waals surface area contributed by atoms with Crippen LogP contribution in [-0.2, 0) is 24.8 Å². The van der Waals surface area contributed by atoms with Crippen LogP contribution in [0.1, 0.15) is 26.5 Å². The molecule has 0 fully saturated rings. The van der Waals surface area contributed by atoms with Gasteiger partial charge in [0.25, 0.3) is 0 Å². The number of carbonyl (C=O) groups excluding carboxylic acids is 1. The second-order valence-corrected chi connectivity index (χ2v) is 7.00. The number of amides is 1. The summed E-state index contributed by atoms with van der Waals surface area (Å²) in [5.41, 5.74) is 0.311. The summed E-state index contributed by atoms with van der Waals surface area (Å²) in [6.07, 6.45) is 1.20. The summed E-state index contributed by atoms with van der Waals surface area (Å²) in [4.78, 5) is 15.5. The zero-order chi connectivity index (χ0) is 20.7. The van der Waals surface area contributed by atoms with Crippen molar-refractivity contribution in [2.45, 2.75) is 32.3 Å². The highest BCUT2D eigenvalue weighted by molar-refractivity contribution is 6.16. The summed E-state index contributed by atoms with van der Waals surface area (Å²) >= 11 is 5.68. The van der Waals surface area contributed by atoms with Crippen molar-refractivity contribution < 1.29 is 28.5 Å². The standard InChI is InChI=1S/C19H31ClN2O6/c1-19(2,3)28-18(23)21-6-7-24-8-9-25-10-11-26-12-13-27-17-5-4-16(14-20)22-15-17/h4-5,15H,6-14H2,1-3H3,(H,21,23). The lowest BCUT2D eigenvalue weighted by Gasteiger charge is -2.19. The number of ether oxygens (including phenoxy) is 5. The monoisotopic (exact) mass is 418 g/mol. The fourth-order valence-corrected chi connectivity index (χ4v) is 2.03. The third-order valence-corrected chi connectivity index (χ3v) is 3.36. The zero-order valence-corrected chi connectivity index (χ0v) is 17.6. The Hall–Kier alpha value is -1.61. The van der Waals surface area contributed by atoms with E-state index < -0.39 is 11.7 Å². The Morgan fingerprint density at radius 3 is 2.14 bits per heavy atom. The Morgan fingerprint density at radius 1 is 1.00 bits per heavy atom. The normalized spacial score (nSPS) is 11.3. The first-order chi connectivity index (χ1) is 13.4. The van der Waals surface area contributed by atoms with Gasteiger partial charge in [0.2, 0.25) is 0 Å². The fourth-order valence-electron chi connectivity index (χ4n) is 1.88. The number of carbonyl (C=O) groups is 1. The lowest BCUT2D eigenvalue weighted by Crippen LogP contribution is -2.34. The topological polar surface area (TPSA) is 88.1 Å². The summed E-state index contributed by atoms with van der Waals surface area (Å²) in [5.74, 6) is 1.07. The van der Waals surface area contributed by atoms with Gasteiger partial charge in [0, 0.05) is 6.54 Å². The van der Waals surface area contributed by atoms with Crippen LogP contribution in [0.2, 0.25) is 0 Å². The maximum Gasteiger partial charge on any atom is 0.407 e. The third kappa shape index (κ3) is 13.5. The second-order valence-electron chi connectivity index (χ2n) is 6.73. The minimum absolute atomic E-state index is 0.386. The van der Waals surface area contributed by atoms with Gasteiger partial charge in [-0.2, -0.15) is 0 Å². The van der Waals surface area contributed by atoms with Crippen molar-refractivity contribution in [3.63, 3.8) is 0 Å². The van der Waals surface area contributed by atoms with Crippen LogP contribution in [0, 0.1) is 0 Å². The van der Waals surface area contributed by atoms with Crippen molar-refractivity contribution in [2.75, 3.05) is 52.8 Å². The molecule has 0 bridgehead atoms. The molecule has 0 spiro atoms. The van der Waals surface area contributed by atoms with Crippen molar-refractivity contribution in [1.82, 2.24) is 10.3 Å². The largest absolute Gasteiger partial charge is 0.490 e. The predicted molar refractivity (Wildman–Crippen MR) is 106 cm³/mol. The number of nitrogens with one attached hydrogen (secondary N) is 1. The van der Waals surface area contributed by atoms with E-state index in [0.29, 0.717) is 64.4 Å². The lowest BCUT2D eigenvalue weighted by molar-refractivity contribution is 0.00902. The number of rotatable bonds is 14. The molecule has 0 atom stereocenters. The molecule has 1 heterocycles. The van der Waals surface area contributed by atoms with Crippen LogP contribution in [0.25, 0.3) is 0 Å². The maximum absolute atomic E-state index is 11.4. The van der Waals surface area contributed by atoms with Crippen LogP contribution >= 0.6 is 11.6 Å². The molecule has 0 saturated carbocycles. The van der Waals surface area contributed by atoms with Gasteiger partial charge in [-0.1, -0.05) is 0 Å². The smallest absolute Gasteiger partial charge is 0.407 e. The molecule has 1 aromatic heterocycles. The van der Waals surface area contributed by atoms with E-state index in [4.69, 9.17) is 35.3 Å². The Bertz CT molecular complexity index is 536. The van der Waals surface area contributed by atoms with Crippen molar-refractivity contribution in [3.05, 3.63) is 24.0 Å². The van der Waals surface area contributed by atoms with Gasteiger partial charge in [0.15, 0.2) is 0 Å². The lowest BCUT2D eigenvalue weighted by atomic mass is 10.2. The van der Waals surface area contributed by atoms with Gasteiger partial charge < -0.3 is 29.0 Å². The number of halogens is 1. The van der Waals surface area contributed by atoms with Gasteiger partial charge in [-0.15, -0.1) is 11.6 Å². The Labute approximate surface area is 171 Å². The number of aromatic nitrogens is 1. The van der Waals surface area contributed by atoms with Gasteiger partial charge in [-0.25, -0.2) is 4.79 Å². The highest BCUT2D eigenvalue weighted by Gasteiger charge is 2.15. The summed E-state index contributed by atoms with van der Waals surface area (Å²) in [6, 6.07) is 3.66. The van der Waals surface area contributed by atoms with E-state index in [0.717, 1.165) is 5.69 Å². The molecule has 0 aliphatic carbocycles. The minimum atomic E-state index is -0.500. The molecule has 1 N–H and O–H groups in total. The van der Waals surface area contributed by atoms with E-state index in [2.05, 4.69) is 10.3 Å². The Balaban J connectivity index is 1.83. The molecule has 0 aromatic carbocycles. The summed E-state index contributed by atoms with van der Waals surface area (Å²) in [7, 11) is 0. The first kappa shape index (κ1) is 24.4. The van der Waals surface area contributed by atoms with Crippen molar-refractivity contribution >= 4 is 17.7 Å². The molecular formula is C19H31ClN2O6. The molecular weight excluding hydrogens is 388 g/mol. The van der Waals surface area contributed by atoms with Crippen LogP contribution in [-0.4, -0.2) is 69.5 Å². The van der Waals surface area contributed by atoms with Crippen LogP contribution in [0.4, 0.5) is 4.79 Å². The summed E-state index contributed by atoms with van der Waals surface area (Å²) < 4.78 is 26.8. The van der Waals surface area contributed by atoms with Gasteiger partial charge in [-0.05, 0) is 32.9 Å². The predicted octanol–water partition coefficient (Wildman–Crippen LogP) is 2.77. The zero-order valence-electron chi connectivity index (χ0n) is 16.9. The van der Waals surface area contributed by atoms with Crippen LogP contribution in [0.5, 0.6) is 5.75 Å². The van der Waals surface area contributed by atoms with Crippen LogP contribution in [0.3, 0.4) is 0 Å². The Kier molecular flexibility index (Phi) is 12.6. The van der Waals surface area contributed by atoms with Gasteiger partial charge >= 0.3 is 6.09 Å². The number of hydrogen-bond donors (Lipinski definition) is 1. The molecule has 28 heavy (non-hydrogen) atoms. The molecule has 9 heteroatoms. The Morgan fingerprint density at radius 2 is 1.61 bits per heavy atom. The van der Waals surface area contributed by atoms with Gasteiger partial charge in [-0.3, -0.25) is 4.98 Å². The fraction of sp³-hybridized carbons (Fsp3) is 0.684. The molecule has 1 rings (SSSR count). The highest BCUT2D eigenvalue weighted by atomic mass is 35.5. The molecule has 0 unspecified atom stereocenters. The van der Waals surface area contributed by atoms with Crippen LogP contribution in [0.15, 0.2) is 18.3 Å². The molecule has 0 aliphatic heterocycles. The number of alkyl carbamates (subject to hydrolysis) is 1. The quantitative estimate of drug-likeness (QED) is 0.367. The maximum atomic E-state index is 11.4. The van der Waals surface area contributed by atoms with E-state index >= 15 is 0 Å². The number of hydrogen-bond acceptors (Lipinski definition) is 7.